The highest BCUT2D eigenvalue weighted by atomic mass is 16.5. The third-order valence-electron chi connectivity index (χ3n) is 4.59. The summed E-state index contributed by atoms with van der Waals surface area (Å²) in [4.78, 5) is 21.0. The van der Waals surface area contributed by atoms with Gasteiger partial charge >= 0.3 is 0 Å². The van der Waals surface area contributed by atoms with Crippen molar-refractivity contribution in [3.05, 3.63) is 84.7 Å². The van der Waals surface area contributed by atoms with Gasteiger partial charge in [-0.3, -0.25) is 9.78 Å². The molecule has 0 aliphatic rings. The van der Waals surface area contributed by atoms with Gasteiger partial charge in [0.1, 0.15) is 5.75 Å². The highest BCUT2D eigenvalue weighted by Crippen LogP contribution is 2.29. The molecule has 0 radical (unpaired) electrons. The van der Waals surface area contributed by atoms with Gasteiger partial charge < -0.3 is 14.5 Å². The number of pyridine rings is 1. The van der Waals surface area contributed by atoms with Crippen LogP contribution in [0.15, 0.2) is 79.1 Å². The van der Waals surface area contributed by atoms with Gasteiger partial charge in [-0.2, -0.15) is 0 Å². The number of aromatic nitrogens is 1. The Morgan fingerprint density at radius 3 is 2.41 bits per heavy atom. The van der Waals surface area contributed by atoms with E-state index in [1.165, 1.54) is 0 Å². The maximum atomic E-state index is 12.9. The Balaban J connectivity index is 1.70. The first kappa shape index (κ1) is 20.6. The van der Waals surface area contributed by atoms with Crippen molar-refractivity contribution < 1.29 is 9.53 Å². The summed E-state index contributed by atoms with van der Waals surface area (Å²) in [6.07, 6.45) is 3.53. The molecule has 3 rings (SSSR count). The summed E-state index contributed by atoms with van der Waals surface area (Å²) in [5.41, 5.74) is 3.05. The van der Waals surface area contributed by atoms with Crippen molar-refractivity contribution in [1.82, 2.24) is 14.8 Å². The van der Waals surface area contributed by atoms with Crippen LogP contribution in [0.1, 0.15) is 5.56 Å². The zero-order chi connectivity index (χ0) is 20.5. The number of benzene rings is 2. The quantitative estimate of drug-likeness (QED) is 0.560. The second-order valence-corrected chi connectivity index (χ2v) is 7.13. The number of carbonyl (C=O) groups is 1. The normalized spacial score (nSPS) is 10.7. The highest BCUT2D eigenvalue weighted by Gasteiger charge is 2.16. The van der Waals surface area contributed by atoms with Crippen LogP contribution in [0.4, 0.5) is 0 Å². The van der Waals surface area contributed by atoms with Gasteiger partial charge in [-0.1, -0.05) is 54.6 Å². The molecule has 1 aromatic heterocycles. The SMILES string of the molecule is CN(C)CCN(Cc1cccnc1)C(=O)COc1ccccc1-c1ccccc1. The molecule has 0 saturated carbocycles. The molecule has 1 heterocycles. The second kappa shape index (κ2) is 10.4. The first-order valence-electron chi connectivity index (χ1n) is 9.72. The zero-order valence-electron chi connectivity index (χ0n) is 17.0. The molecule has 3 aromatic rings. The molecule has 5 nitrogen and oxygen atoms in total. The van der Waals surface area contributed by atoms with E-state index in [4.69, 9.17) is 4.74 Å². The smallest absolute Gasteiger partial charge is 0.260 e. The average molecular weight is 389 g/mol. The lowest BCUT2D eigenvalue weighted by molar-refractivity contribution is -0.134. The number of likely N-dealkylation sites (N-methyl/N-ethyl adjacent to an activating group) is 1. The van der Waals surface area contributed by atoms with Crippen LogP contribution in [-0.4, -0.2) is 54.5 Å². The summed E-state index contributed by atoms with van der Waals surface area (Å²) in [7, 11) is 4.00. The number of para-hydroxylation sites is 1. The molecular formula is C24H27N3O2. The molecule has 0 N–H and O–H groups in total. The Morgan fingerprint density at radius 1 is 0.931 bits per heavy atom. The van der Waals surface area contributed by atoms with Gasteiger partial charge in [-0.25, -0.2) is 0 Å². The lowest BCUT2D eigenvalue weighted by Crippen LogP contribution is -2.39. The van der Waals surface area contributed by atoms with Gasteiger partial charge in [0.15, 0.2) is 6.61 Å². The van der Waals surface area contributed by atoms with Crippen molar-refractivity contribution in [2.24, 2.45) is 0 Å². The fourth-order valence-electron chi connectivity index (χ4n) is 3.00. The van der Waals surface area contributed by atoms with Gasteiger partial charge in [-0.05, 0) is 37.4 Å². The molecule has 0 spiro atoms. The molecule has 0 aliphatic heterocycles. The monoisotopic (exact) mass is 389 g/mol. The largest absolute Gasteiger partial charge is 0.483 e. The fraction of sp³-hybridized carbons (Fsp3) is 0.250. The van der Waals surface area contributed by atoms with Gasteiger partial charge in [0.2, 0.25) is 0 Å². The van der Waals surface area contributed by atoms with Gasteiger partial charge in [0, 0.05) is 37.6 Å². The van der Waals surface area contributed by atoms with Crippen molar-refractivity contribution in [2.45, 2.75) is 6.54 Å². The van der Waals surface area contributed by atoms with E-state index in [0.717, 1.165) is 23.2 Å². The Hall–Kier alpha value is -3.18. The second-order valence-electron chi connectivity index (χ2n) is 7.13. The first-order chi connectivity index (χ1) is 14.1. The molecule has 0 unspecified atom stereocenters. The Kier molecular flexibility index (Phi) is 7.36. The Bertz CT molecular complexity index is 898. The Labute approximate surface area is 172 Å². The van der Waals surface area contributed by atoms with Crippen LogP contribution in [0.5, 0.6) is 5.75 Å². The number of rotatable bonds is 9. The molecule has 0 saturated heterocycles. The number of amides is 1. The van der Waals surface area contributed by atoms with E-state index in [-0.39, 0.29) is 12.5 Å². The van der Waals surface area contributed by atoms with Crippen molar-refractivity contribution in [3.8, 4) is 16.9 Å². The number of hydrogen-bond acceptors (Lipinski definition) is 4. The van der Waals surface area contributed by atoms with Crippen LogP contribution < -0.4 is 4.74 Å². The van der Waals surface area contributed by atoms with Crippen LogP contribution in [0.2, 0.25) is 0 Å². The van der Waals surface area contributed by atoms with Crippen LogP contribution in [0.25, 0.3) is 11.1 Å². The van der Waals surface area contributed by atoms with E-state index in [1.54, 1.807) is 12.4 Å². The van der Waals surface area contributed by atoms with E-state index in [9.17, 15) is 4.79 Å². The van der Waals surface area contributed by atoms with E-state index in [0.29, 0.717) is 18.8 Å². The molecule has 29 heavy (non-hydrogen) atoms. The number of ether oxygens (including phenoxy) is 1. The Morgan fingerprint density at radius 2 is 1.69 bits per heavy atom. The van der Waals surface area contributed by atoms with E-state index in [2.05, 4.69) is 9.88 Å². The highest BCUT2D eigenvalue weighted by molar-refractivity contribution is 5.78. The van der Waals surface area contributed by atoms with Crippen molar-refractivity contribution in [2.75, 3.05) is 33.8 Å². The molecule has 0 fully saturated rings. The molecule has 2 aromatic carbocycles. The lowest BCUT2D eigenvalue weighted by Gasteiger charge is -2.24. The van der Waals surface area contributed by atoms with Crippen LogP contribution in [0.3, 0.4) is 0 Å². The number of carbonyl (C=O) groups excluding carboxylic acids is 1. The van der Waals surface area contributed by atoms with Crippen LogP contribution >= 0.6 is 0 Å². The third-order valence-corrected chi connectivity index (χ3v) is 4.59. The van der Waals surface area contributed by atoms with Crippen LogP contribution in [-0.2, 0) is 11.3 Å². The standard InChI is InChI=1S/C24H27N3O2/c1-26(2)15-16-27(18-20-9-8-14-25-17-20)24(28)19-29-23-13-7-6-12-22(23)21-10-4-3-5-11-21/h3-14,17H,15-16,18-19H2,1-2H3. The molecule has 0 bridgehead atoms. The topological polar surface area (TPSA) is 45.7 Å². The molecule has 1 amide bonds. The van der Waals surface area contributed by atoms with Gasteiger partial charge in [0.05, 0.1) is 0 Å². The van der Waals surface area contributed by atoms with E-state index < -0.39 is 0 Å². The zero-order valence-corrected chi connectivity index (χ0v) is 17.0. The molecular weight excluding hydrogens is 362 g/mol. The van der Waals surface area contributed by atoms with Gasteiger partial charge in [0.25, 0.3) is 5.91 Å². The predicted molar refractivity (Wildman–Crippen MR) is 116 cm³/mol. The van der Waals surface area contributed by atoms with Crippen molar-refractivity contribution >= 4 is 5.91 Å². The fourth-order valence-corrected chi connectivity index (χ4v) is 3.00. The summed E-state index contributed by atoms with van der Waals surface area (Å²) in [5.74, 6) is 0.666. The minimum atomic E-state index is -0.0430. The van der Waals surface area contributed by atoms with E-state index >= 15 is 0 Å². The third kappa shape index (κ3) is 6.16. The predicted octanol–water partition coefficient (Wildman–Crippen LogP) is 3.72. The molecule has 0 aliphatic carbocycles. The van der Waals surface area contributed by atoms with Crippen LogP contribution in [0, 0.1) is 0 Å². The number of hydrogen-bond donors (Lipinski definition) is 0. The maximum Gasteiger partial charge on any atom is 0.260 e. The molecule has 5 heteroatoms. The summed E-state index contributed by atoms with van der Waals surface area (Å²) in [5, 5.41) is 0. The lowest BCUT2D eigenvalue weighted by atomic mass is 10.1. The minimum absolute atomic E-state index is 0.00244. The summed E-state index contributed by atoms with van der Waals surface area (Å²) in [6.45, 7) is 1.93. The number of nitrogens with zero attached hydrogens (tertiary/aromatic N) is 3. The van der Waals surface area contributed by atoms with Crippen molar-refractivity contribution in [1.29, 1.82) is 0 Å². The molecule has 150 valence electrons. The summed E-state index contributed by atoms with van der Waals surface area (Å²) < 4.78 is 5.96. The van der Waals surface area contributed by atoms with Crippen molar-refractivity contribution in [3.63, 3.8) is 0 Å². The van der Waals surface area contributed by atoms with Gasteiger partial charge in [-0.15, -0.1) is 0 Å². The minimum Gasteiger partial charge on any atom is -0.483 e. The maximum absolute atomic E-state index is 12.9. The summed E-state index contributed by atoms with van der Waals surface area (Å²) in [6, 6.07) is 21.7. The summed E-state index contributed by atoms with van der Waals surface area (Å²) >= 11 is 0. The average Bonchev–Trinajstić information content (AvgIpc) is 2.76. The first-order valence-corrected chi connectivity index (χ1v) is 9.72. The molecule has 0 atom stereocenters. The van der Waals surface area contributed by atoms with E-state index in [1.807, 2.05) is 85.7 Å².